The Morgan fingerprint density at radius 3 is 2.54 bits per heavy atom. The van der Waals surface area contributed by atoms with E-state index in [9.17, 15) is 9.90 Å². The van der Waals surface area contributed by atoms with E-state index in [0.717, 1.165) is 21.7 Å². The van der Waals surface area contributed by atoms with Gasteiger partial charge in [0.1, 0.15) is 11.3 Å². The highest BCUT2D eigenvalue weighted by Gasteiger charge is 2.11. The van der Waals surface area contributed by atoms with Crippen LogP contribution in [0.1, 0.15) is 16.1 Å². The normalized spacial score (nSPS) is 11.5. The first-order chi connectivity index (χ1) is 11.7. The Labute approximate surface area is 138 Å². The minimum Gasteiger partial charge on any atom is -0.508 e. The number of aromatic hydroxyl groups is 1. The van der Waals surface area contributed by atoms with Crippen molar-refractivity contribution < 1.29 is 14.3 Å². The summed E-state index contributed by atoms with van der Waals surface area (Å²) < 4.78 is 5.70. The van der Waals surface area contributed by atoms with Crippen LogP contribution in [0.2, 0.25) is 0 Å². The first kappa shape index (κ1) is 14.3. The third-order valence-electron chi connectivity index (χ3n) is 3.99. The van der Waals surface area contributed by atoms with E-state index in [1.54, 1.807) is 36.4 Å². The molecule has 0 aliphatic carbocycles. The lowest BCUT2D eigenvalue weighted by atomic mass is 10.1. The third-order valence-corrected chi connectivity index (χ3v) is 3.99. The summed E-state index contributed by atoms with van der Waals surface area (Å²) in [5.41, 5.74) is 1.54. The third kappa shape index (κ3) is 2.57. The highest BCUT2D eigenvalue weighted by molar-refractivity contribution is 6.11. The number of ketones is 1. The fourth-order valence-corrected chi connectivity index (χ4v) is 2.75. The van der Waals surface area contributed by atoms with Gasteiger partial charge in [0, 0.05) is 5.39 Å². The lowest BCUT2D eigenvalue weighted by Gasteiger charge is -1.96. The van der Waals surface area contributed by atoms with Gasteiger partial charge < -0.3 is 9.52 Å². The van der Waals surface area contributed by atoms with Crippen molar-refractivity contribution in [1.82, 2.24) is 0 Å². The summed E-state index contributed by atoms with van der Waals surface area (Å²) >= 11 is 0. The van der Waals surface area contributed by atoms with Crippen LogP contribution >= 0.6 is 0 Å². The van der Waals surface area contributed by atoms with Gasteiger partial charge in [-0.25, -0.2) is 0 Å². The second-order valence-corrected chi connectivity index (χ2v) is 5.60. The van der Waals surface area contributed by atoms with E-state index in [1.165, 1.54) is 6.08 Å². The van der Waals surface area contributed by atoms with Crippen LogP contribution < -0.4 is 0 Å². The van der Waals surface area contributed by atoms with E-state index >= 15 is 0 Å². The summed E-state index contributed by atoms with van der Waals surface area (Å²) in [4.78, 5) is 12.4. The maximum absolute atomic E-state index is 12.4. The van der Waals surface area contributed by atoms with Gasteiger partial charge in [0.15, 0.2) is 5.76 Å². The van der Waals surface area contributed by atoms with Crippen molar-refractivity contribution in [2.75, 3.05) is 0 Å². The zero-order valence-corrected chi connectivity index (χ0v) is 12.8. The zero-order valence-electron chi connectivity index (χ0n) is 12.8. The van der Waals surface area contributed by atoms with Crippen LogP contribution in [0.5, 0.6) is 5.75 Å². The van der Waals surface area contributed by atoms with Crippen molar-refractivity contribution in [3.63, 3.8) is 0 Å². The van der Waals surface area contributed by atoms with Crippen LogP contribution in [0.3, 0.4) is 0 Å². The number of benzene rings is 3. The number of rotatable bonds is 3. The molecule has 1 aromatic heterocycles. The number of hydrogen-bond donors (Lipinski definition) is 1. The Kier molecular flexibility index (Phi) is 3.39. The lowest BCUT2D eigenvalue weighted by Crippen LogP contribution is -1.90. The van der Waals surface area contributed by atoms with Gasteiger partial charge >= 0.3 is 0 Å². The molecule has 24 heavy (non-hydrogen) atoms. The largest absolute Gasteiger partial charge is 0.508 e. The predicted molar refractivity (Wildman–Crippen MR) is 95.2 cm³/mol. The van der Waals surface area contributed by atoms with Crippen molar-refractivity contribution >= 4 is 33.6 Å². The van der Waals surface area contributed by atoms with Crippen molar-refractivity contribution in [3.05, 3.63) is 84.1 Å². The molecule has 0 aliphatic heterocycles. The molecule has 116 valence electrons. The maximum atomic E-state index is 12.4. The number of phenolic OH excluding ortho intramolecular Hbond substituents is 1. The average molecular weight is 314 g/mol. The van der Waals surface area contributed by atoms with Crippen LogP contribution in [-0.4, -0.2) is 10.9 Å². The highest BCUT2D eigenvalue weighted by Crippen LogP contribution is 2.28. The average Bonchev–Trinajstić information content (AvgIpc) is 3.06. The van der Waals surface area contributed by atoms with E-state index in [4.69, 9.17) is 4.42 Å². The molecule has 4 rings (SSSR count). The van der Waals surface area contributed by atoms with Gasteiger partial charge in [0.25, 0.3) is 0 Å². The monoisotopic (exact) mass is 314 g/mol. The number of carbonyl (C=O) groups excluding carboxylic acids is 1. The number of phenols is 1. The van der Waals surface area contributed by atoms with Crippen LogP contribution in [0, 0.1) is 0 Å². The van der Waals surface area contributed by atoms with Gasteiger partial charge in [0.05, 0.1) is 0 Å². The highest BCUT2D eigenvalue weighted by atomic mass is 16.3. The van der Waals surface area contributed by atoms with Gasteiger partial charge in [-0.2, -0.15) is 0 Å². The Bertz CT molecular complexity index is 1070. The van der Waals surface area contributed by atoms with E-state index in [2.05, 4.69) is 0 Å². The summed E-state index contributed by atoms with van der Waals surface area (Å²) in [6, 6.07) is 20.3. The predicted octanol–water partition coefficient (Wildman–Crippen LogP) is 5.19. The summed E-state index contributed by atoms with van der Waals surface area (Å²) in [5.74, 6) is 0.322. The van der Waals surface area contributed by atoms with Crippen molar-refractivity contribution in [1.29, 1.82) is 0 Å². The molecule has 0 amide bonds. The number of allylic oxidation sites excluding steroid dienone is 1. The molecule has 0 saturated carbocycles. The Balaban J connectivity index is 1.69. The van der Waals surface area contributed by atoms with Crippen LogP contribution in [-0.2, 0) is 0 Å². The Hall–Kier alpha value is -3.33. The maximum Gasteiger partial charge on any atom is 0.221 e. The van der Waals surface area contributed by atoms with Gasteiger partial charge in [-0.1, -0.05) is 48.5 Å². The van der Waals surface area contributed by atoms with Crippen molar-refractivity contribution in [3.8, 4) is 5.75 Å². The first-order valence-electron chi connectivity index (χ1n) is 7.63. The summed E-state index contributed by atoms with van der Waals surface area (Å²) in [7, 11) is 0. The van der Waals surface area contributed by atoms with E-state index in [-0.39, 0.29) is 11.5 Å². The molecule has 0 aliphatic rings. The van der Waals surface area contributed by atoms with Crippen LogP contribution in [0.25, 0.3) is 27.8 Å². The SMILES string of the molecule is O=C(/C=C/c1ccc(O)cc1)c1cc2c(ccc3ccccc32)o1. The number of furan rings is 1. The molecule has 0 unspecified atom stereocenters. The van der Waals surface area contributed by atoms with Gasteiger partial charge in [0.2, 0.25) is 5.78 Å². The van der Waals surface area contributed by atoms with Crippen LogP contribution in [0.15, 0.2) is 77.2 Å². The minimum absolute atomic E-state index is 0.191. The fourth-order valence-electron chi connectivity index (χ4n) is 2.75. The molecule has 0 bridgehead atoms. The molecule has 4 aromatic rings. The minimum atomic E-state index is -0.191. The topological polar surface area (TPSA) is 50.4 Å². The smallest absolute Gasteiger partial charge is 0.221 e. The Morgan fingerprint density at radius 1 is 0.917 bits per heavy atom. The second kappa shape index (κ2) is 5.70. The van der Waals surface area contributed by atoms with E-state index in [0.29, 0.717) is 11.3 Å². The molecule has 3 heteroatoms. The van der Waals surface area contributed by atoms with Crippen LogP contribution in [0.4, 0.5) is 0 Å². The van der Waals surface area contributed by atoms with Gasteiger partial charge in [-0.3, -0.25) is 4.79 Å². The zero-order chi connectivity index (χ0) is 16.5. The molecular formula is C21H14O3. The molecule has 0 spiro atoms. The summed E-state index contributed by atoms with van der Waals surface area (Å²) in [6.07, 6.45) is 3.18. The number of fused-ring (bicyclic) bond motifs is 3. The molecule has 0 atom stereocenters. The molecule has 3 nitrogen and oxygen atoms in total. The first-order valence-corrected chi connectivity index (χ1v) is 7.63. The van der Waals surface area contributed by atoms with E-state index < -0.39 is 0 Å². The number of hydrogen-bond acceptors (Lipinski definition) is 3. The van der Waals surface area contributed by atoms with Gasteiger partial charge in [-0.05, 0) is 46.7 Å². The second-order valence-electron chi connectivity index (χ2n) is 5.60. The number of carbonyl (C=O) groups is 1. The van der Waals surface area contributed by atoms with Crippen molar-refractivity contribution in [2.24, 2.45) is 0 Å². The molecule has 0 fully saturated rings. The molecule has 1 heterocycles. The fraction of sp³-hybridized carbons (Fsp3) is 0. The molecule has 0 saturated heterocycles. The standard InChI is InChI=1S/C21H14O3/c22-16-9-5-14(6-10-16)7-11-19(23)21-13-18-17-4-2-1-3-15(17)8-12-20(18)24-21/h1-13,22H/b11-7+. The Morgan fingerprint density at radius 2 is 1.71 bits per heavy atom. The summed E-state index contributed by atoms with van der Waals surface area (Å²) in [5, 5.41) is 12.4. The quantitative estimate of drug-likeness (QED) is 0.418. The molecule has 0 radical (unpaired) electrons. The van der Waals surface area contributed by atoms with E-state index in [1.807, 2.05) is 36.4 Å². The molecule has 3 aromatic carbocycles. The van der Waals surface area contributed by atoms with Gasteiger partial charge in [-0.15, -0.1) is 0 Å². The molecule has 1 N–H and O–H groups in total. The summed E-state index contributed by atoms with van der Waals surface area (Å²) in [6.45, 7) is 0. The van der Waals surface area contributed by atoms with Crippen molar-refractivity contribution in [2.45, 2.75) is 0 Å². The molecular weight excluding hydrogens is 300 g/mol. The lowest BCUT2D eigenvalue weighted by molar-refractivity contribution is 0.102.